The van der Waals surface area contributed by atoms with E-state index in [9.17, 15) is 9.59 Å². The Morgan fingerprint density at radius 3 is 2.73 bits per heavy atom. The zero-order chi connectivity index (χ0) is 17.6. The van der Waals surface area contributed by atoms with Gasteiger partial charge in [0.05, 0.1) is 13.7 Å². The lowest BCUT2D eigenvalue weighted by Crippen LogP contribution is -2.37. The van der Waals surface area contributed by atoms with E-state index in [1.165, 1.54) is 0 Å². The molecule has 0 saturated heterocycles. The van der Waals surface area contributed by atoms with E-state index in [1.54, 1.807) is 7.11 Å². The zero-order valence-electron chi connectivity index (χ0n) is 14.4. The summed E-state index contributed by atoms with van der Waals surface area (Å²) in [5, 5.41) is 15.5. The number of hydrogen-bond acceptors (Lipinski definition) is 5. The van der Waals surface area contributed by atoms with Crippen LogP contribution in [-0.2, 0) is 24.3 Å². The smallest absolute Gasteiger partial charge is 0.272 e. The molecular formula is C17H22ClN5O3. The van der Waals surface area contributed by atoms with Gasteiger partial charge in [0, 0.05) is 37.3 Å². The molecule has 140 valence electrons. The molecule has 0 aliphatic carbocycles. The third-order valence-corrected chi connectivity index (χ3v) is 4.08. The number of amides is 2. The summed E-state index contributed by atoms with van der Waals surface area (Å²) in [7, 11) is 1.60. The summed E-state index contributed by atoms with van der Waals surface area (Å²) in [4.78, 5) is 24.1. The van der Waals surface area contributed by atoms with E-state index in [2.05, 4.69) is 26.1 Å². The van der Waals surface area contributed by atoms with Crippen LogP contribution >= 0.6 is 12.4 Å². The van der Waals surface area contributed by atoms with Crippen LogP contribution in [0.25, 0.3) is 0 Å². The molecule has 0 atom stereocenters. The molecule has 1 aromatic heterocycles. The molecule has 1 aliphatic heterocycles. The number of rotatable bonds is 6. The minimum absolute atomic E-state index is 0. The number of nitrogens with one attached hydrogen (secondary N) is 4. The topological polar surface area (TPSA) is 108 Å². The number of halogens is 1. The third kappa shape index (κ3) is 4.74. The number of aromatic nitrogens is 2. The van der Waals surface area contributed by atoms with Crippen molar-refractivity contribution in [3.63, 3.8) is 0 Å². The Balaban J connectivity index is 0.00000243. The van der Waals surface area contributed by atoms with Gasteiger partial charge in [0.1, 0.15) is 5.75 Å². The maximum atomic E-state index is 12.2. The predicted octanol–water partition coefficient (Wildman–Crippen LogP) is 0.532. The highest BCUT2D eigenvalue weighted by molar-refractivity contribution is 5.96. The van der Waals surface area contributed by atoms with Gasteiger partial charge in [-0.25, -0.2) is 0 Å². The lowest BCUT2D eigenvalue weighted by atomic mass is 10.1. The minimum Gasteiger partial charge on any atom is -0.497 e. The van der Waals surface area contributed by atoms with E-state index in [-0.39, 0.29) is 30.8 Å². The van der Waals surface area contributed by atoms with Gasteiger partial charge >= 0.3 is 0 Å². The molecule has 3 rings (SSSR count). The van der Waals surface area contributed by atoms with Gasteiger partial charge in [-0.3, -0.25) is 14.7 Å². The molecule has 2 amide bonds. The number of nitrogens with zero attached hydrogens (tertiary/aromatic N) is 1. The summed E-state index contributed by atoms with van der Waals surface area (Å²) in [6, 6.07) is 7.41. The van der Waals surface area contributed by atoms with Crippen LogP contribution in [0.5, 0.6) is 5.75 Å². The van der Waals surface area contributed by atoms with Gasteiger partial charge in [0.25, 0.3) is 5.91 Å². The second-order valence-corrected chi connectivity index (χ2v) is 5.76. The first-order chi connectivity index (χ1) is 12.2. The fourth-order valence-electron chi connectivity index (χ4n) is 2.66. The average Bonchev–Trinajstić information content (AvgIpc) is 3.09. The molecule has 26 heavy (non-hydrogen) atoms. The Hall–Kier alpha value is -2.58. The molecular weight excluding hydrogens is 358 g/mol. The van der Waals surface area contributed by atoms with Crippen molar-refractivity contribution in [1.82, 2.24) is 26.1 Å². The highest BCUT2D eigenvalue weighted by atomic mass is 35.5. The largest absolute Gasteiger partial charge is 0.497 e. The fraction of sp³-hybridized carbons (Fsp3) is 0.353. The van der Waals surface area contributed by atoms with Gasteiger partial charge < -0.3 is 20.7 Å². The Kier molecular flexibility index (Phi) is 6.99. The first-order valence-electron chi connectivity index (χ1n) is 8.12. The Morgan fingerprint density at radius 2 is 2.00 bits per heavy atom. The maximum Gasteiger partial charge on any atom is 0.272 e. The number of hydrogen-bond donors (Lipinski definition) is 4. The second kappa shape index (κ2) is 9.21. The third-order valence-electron chi connectivity index (χ3n) is 4.08. The molecule has 2 heterocycles. The average molecular weight is 380 g/mol. The van der Waals surface area contributed by atoms with E-state index in [4.69, 9.17) is 4.74 Å². The number of carbonyl (C=O) groups excluding carboxylic acids is 2. The highest BCUT2D eigenvalue weighted by Gasteiger charge is 2.21. The van der Waals surface area contributed by atoms with Crippen molar-refractivity contribution in [2.45, 2.75) is 19.5 Å². The molecule has 8 nitrogen and oxygen atoms in total. The van der Waals surface area contributed by atoms with Crippen LogP contribution in [0.4, 0.5) is 0 Å². The number of methoxy groups -OCH3 is 1. The molecule has 2 aromatic rings. The summed E-state index contributed by atoms with van der Waals surface area (Å²) in [5.41, 5.74) is 3.16. The molecule has 1 aromatic carbocycles. The SMILES string of the molecule is COc1ccc(CNC(=O)CNC(=O)c2n[nH]c3c2CNCC3)cc1.Cl. The molecule has 0 bridgehead atoms. The van der Waals surface area contributed by atoms with E-state index < -0.39 is 0 Å². The molecule has 4 N–H and O–H groups in total. The van der Waals surface area contributed by atoms with Crippen LogP contribution in [-0.4, -0.2) is 42.2 Å². The Labute approximate surface area is 157 Å². The zero-order valence-corrected chi connectivity index (χ0v) is 15.2. The van der Waals surface area contributed by atoms with E-state index in [1.807, 2.05) is 24.3 Å². The van der Waals surface area contributed by atoms with E-state index in [0.717, 1.165) is 35.5 Å². The summed E-state index contributed by atoms with van der Waals surface area (Å²) in [6.07, 6.45) is 0.817. The van der Waals surface area contributed by atoms with E-state index in [0.29, 0.717) is 18.8 Å². The van der Waals surface area contributed by atoms with Crippen molar-refractivity contribution in [3.05, 3.63) is 46.8 Å². The number of H-pyrrole nitrogens is 1. The number of carbonyl (C=O) groups is 2. The van der Waals surface area contributed by atoms with Gasteiger partial charge in [-0.1, -0.05) is 12.1 Å². The number of ether oxygens (including phenoxy) is 1. The standard InChI is InChI=1S/C17H21N5O3.ClH/c1-25-12-4-2-11(3-5-12)8-19-15(23)10-20-17(24)16-13-9-18-7-6-14(13)21-22-16;/h2-5,18H,6-10H2,1H3,(H,19,23)(H,20,24)(H,21,22);1H. The van der Waals surface area contributed by atoms with Crippen molar-refractivity contribution in [1.29, 1.82) is 0 Å². The quantitative estimate of drug-likeness (QED) is 0.585. The number of fused-ring (bicyclic) bond motifs is 1. The monoisotopic (exact) mass is 379 g/mol. The molecule has 9 heteroatoms. The number of aromatic amines is 1. The molecule has 0 saturated carbocycles. The van der Waals surface area contributed by atoms with Crippen molar-refractivity contribution < 1.29 is 14.3 Å². The van der Waals surface area contributed by atoms with Crippen LogP contribution in [0, 0.1) is 0 Å². The summed E-state index contributed by atoms with van der Waals surface area (Å²) < 4.78 is 5.09. The molecule has 0 spiro atoms. The lowest BCUT2D eigenvalue weighted by Gasteiger charge is -2.12. The normalized spacial score (nSPS) is 12.5. The van der Waals surface area contributed by atoms with Crippen LogP contribution in [0.3, 0.4) is 0 Å². The molecule has 0 fully saturated rings. The summed E-state index contributed by atoms with van der Waals surface area (Å²) in [5.74, 6) is 0.159. The maximum absolute atomic E-state index is 12.2. The molecule has 0 radical (unpaired) electrons. The fourth-order valence-corrected chi connectivity index (χ4v) is 2.66. The van der Waals surface area contributed by atoms with Gasteiger partial charge in [-0.15, -0.1) is 12.4 Å². The Morgan fingerprint density at radius 1 is 1.23 bits per heavy atom. The van der Waals surface area contributed by atoms with Crippen LogP contribution < -0.4 is 20.7 Å². The molecule has 0 unspecified atom stereocenters. The first-order valence-corrected chi connectivity index (χ1v) is 8.12. The van der Waals surface area contributed by atoms with Gasteiger partial charge in [0.15, 0.2) is 5.69 Å². The van der Waals surface area contributed by atoms with Crippen molar-refractivity contribution in [2.75, 3.05) is 20.2 Å². The first kappa shape index (κ1) is 19.7. The predicted molar refractivity (Wildman–Crippen MR) is 98.4 cm³/mol. The van der Waals surface area contributed by atoms with Crippen molar-refractivity contribution in [2.24, 2.45) is 0 Å². The van der Waals surface area contributed by atoms with Crippen molar-refractivity contribution >= 4 is 24.2 Å². The van der Waals surface area contributed by atoms with Crippen LogP contribution in [0.1, 0.15) is 27.3 Å². The van der Waals surface area contributed by atoms with Crippen molar-refractivity contribution in [3.8, 4) is 5.75 Å². The number of benzene rings is 1. The van der Waals surface area contributed by atoms with Gasteiger partial charge in [-0.2, -0.15) is 5.10 Å². The van der Waals surface area contributed by atoms with Gasteiger partial charge in [-0.05, 0) is 17.7 Å². The second-order valence-electron chi connectivity index (χ2n) is 5.76. The summed E-state index contributed by atoms with van der Waals surface area (Å²) >= 11 is 0. The lowest BCUT2D eigenvalue weighted by molar-refractivity contribution is -0.120. The summed E-state index contributed by atoms with van der Waals surface area (Å²) in [6.45, 7) is 1.77. The van der Waals surface area contributed by atoms with Crippen LogP contribution in [0.15, 0.2) is 24.3 Å². The molecule has 1 aliphatic rings. The van der Waals surface area contributed by atoms with E-state index >= 15 is 0 Å². The highest BCUT2D eigenvalue weighted by Crippen LogP contribution is 2.15. The minimum atomic E-state index is -0.346. The van der Waals surface area contributed by atoms with Gasteiger partial charge in [0.2, 0.25) is 5.91 Å². The van der Waals surface area contributed by atoms with Crippen LogP contribution in [0.2, 0.25) is 0 Å². The Bertz CT molecular complexity index is 760.